The summed E-state index contributed by atoms with van der Waals surface area (Å²) in [6, 6.07) is -0.717. The minimum atomic E-state index is -6.01. The van der Waals surface area contributed by atoms with Crippen molar-refractivity contribution < 1.29 is 43.5 Å². The van der Waals surface area contributed by atoms with Crippen LogP contribution in [0.1, 0.15) is 0 Å². The molecule has 2 rings (SSSR count). The van der Waals surface area contributed by atoms with Crippen LogP contribution in [0.25, 0.3) is 0 Å². The second-order valence-electron chi connectivity index (χ2n) is 4.10. The monoisotopic (exact) mass is 362 g/mol. The van der Waals surface area contributed by atoms with E-state index in [4.69, 9.17) is 0 Å². The smallest absolute Gasteiger partial charge is 0.218 e. The second-order valence-corrected chi connectivity index (χ2v) is 5.92. The lowest BCUT2D eigenvalue weighted by Crippen LogP contribution is -2.16. The van der Waals surface area contributed by atoms with E-state index in [-0.39, 0.29) is 12.1 Å². The zero-order valence-electron chi connectivity index (χ0n) is 10.4. The summed E-state index contributed by atoms with van der Waals surface area (Å²) in [5.41, 5.74) is 0. The third-order valence-corrected chi connectivity index (χ3v) is 4.47. The molecule has 124 valence electrons. The largest absolute Gasteiger partial charge is 0.218 e. The van der Waals surface area contributed by atoms with E-state index in [0.717, 1.165) is 0 Å². The van der Waals surface area contributed by atoms with Gasteiger partial charge in [-0.15, -0.1) is 0 Å². The van der Waals surface area contributed by atoms with Crippen molar-refractivity contribution in [1.82, 2.24) is 0 Å². The van der Waals surface area contributed by atoms with Crippen molar-refractivity contribution in [2.45, 2.75) is 9.79 Å². The molecule has 0 aromatic heterocycles. The van der Waals surface area contributed by atoms with E-state index < -0.39 is 66.2 Å². The average molecular weight is 362 g/mol. The Morgan fingerprint density at radius 2 is 0.739 bits per heavy atom. The molecule has 2 aromatic carbocycles. The molecule has 0 aliphatic heterocycles. The van der Waals surface area contributed by atoms with Crippen molar-refractivity contribution >= 4 is 9.84 Å². The molecule has 0 heterocycles. The zero-order valence-corrected chi connectivity index (χ0v) is 11.2. The van der Waals surface area contributed by atoms with Crippen LogP contribution in [0.5, 0.6) is 0 Å². The quantitative estimate of drug-likeness (QED) is 0.604. The normalized spacial score (nSPS) is 11.8. The van der Waals surface area contributed by atoms with E-state index in [9.17, 15) is 43.5 Å². The molecule has 0 atom stereocenters. The van der Waals surface area contributed by atoms with Gasteiger partial charge in [-0.3, -0.25) is 0 Å². The van der Waals surface area contributed by atoms with Gasteiger partial charge in [-0.05, 0) is 0 Å². The highest BCUT2D eigenvalue weighted by Crippen LogP contribution is 2.33. The fourth-order valence-electron chi connectivity index (χ4n) is 1.68. The summed E-state index contributed by atoms with van der Waals surface area (Å²) in [4.78, 5) is -4.84. The maximum atomic E-state index is 13.5. The van der Waals surface area contributed by atoms with Gasteiger partial charge in [0.05, 0.1) is 0 Å². The number of hydrogen-bond acceptors (Lipinski definition) is 2. The van der Waals surface area contributed by atoms with Crippen LogP contribution in [0.3, 0.4) is 0 Å². The fourth-order valence-corrected chi connectivity index (χ4v) is 3.21. The number of benzene rings is 2. The molecule has 0 bridgehead atoms. The van der Waals surface area contributed by atoms with Crippen LogP contribution < -0.4 is 0 Å². The molecule has 11 heteroatoms. The molecule has 0 N–H and O–H groups in total. The first kappa shape index (κ1) is 17.2. The van der Waals surface area contributed by atoms with E-state index in [1.165, 1.54) is 0 Å². The Morgan fingerprint density at radius 3 is 0.957 bits per heavy atom. The lowest BCUT2D eigenvalue weighted by molar-refractivity contribution is 0.407. The van der Waals surface area contributed by atoms with E-state index in [1.54, 1.807) is 0 Å². The van der Waals surface area contributed by atoms with Gasteiger partial charge in [0.2, 0.25) is 9.84 Å². The highest BCUT2D eigenvalue weighted by molar-refractivity contribution is 7.91. The summed E-state index contributed by atoms with van der Waals surface area (Å²) >= 11 is 0. The minimum Gasteiger partial charge on any atom is -0.218 e. The number of sulfone groups is 1. The summed E-state index contributed by atoms with van der Waals surface area (Å²) in [6.45, 7) is 0. The second kappa shape index (κ2) is 5.48. The third-order valence-electron chi connectivity index (χ3n) is 2.68. The minimum absolute atomic E-state index is 0.359. The van der Waals surface area contributed by atoms with Crippen LogP contribution in [0.15, 0.2) is 21.9 Å². The van der Waals surface area contributed by atoms with Crippen molar-refractivity contribution in [2.75, 3.05) is 0 Å². The summed E-state index contributed by atoms with van der Waals surface area (Å²) in [6.07, 6.45) is 0. The summed E-state index contributed by atoms with van der Waals surface area (Å²) in [5.74, 6) is -18.8. The molecule has 0 fully saturated rings. The van der Waals surface area contributed by atoms with E-state index in [2.05, 4.69) is 0 Å². The Kier molecular flexibility index (Phi) is 4.09. The first-order valence-electron chi connectivity index (χ1n) is 5.41. The molecule has 0 radical (unpaired) electrons. The van der Waals surface area contributed by atoms with Crippen LogP contribution in [-0.4, -0.2) is 8.42 Å². The SMILES string of the molecule is O=S(=O)(c1c(F)c(F)cc(F)c1F)c1c(F)c(F)cc(F)c1F. The van der Waals surface area contributed by atoms with Crippen LogP contribution in [0.4, 0.5) is 35.1 Å². The molecule has 0 saturated heterocycles. The summed E-state index contributed by atoms with van der Waals surface area (Å²) < 4.78 is 130. The molecule has 0 aliphatic rings. The highest BCUT2D eigenvalue weighted by atomic mass is 32.2. The zero-order chi connectivity index (χ0) is 17.7. The van der Waals surface area contributed by atoms with Crippen molar-refractivity contribution in [1.29, 1.82) is 0 Å². The van der Waals surface area contributed by atoms with Gasteiger partial charge in [0.1, 0.15) is 9.79 Å². The topological polar surface area (TPSA) is 34.1 Å². The van der Waals surface area contributed by atoms with Crippen LogP contribution in [0.2, 0.25) is 0 Å². The Balaban J connectivity index is 2.97. The third kappa shape index (κ3) is 2.54. The van der Waals surface area contributed by atoms with Gasteiger partial charge >= 0.3 is 0 Å². The van der Waals surface area contributed by atoms with Gasteiger partial charge in [-0.25, -0.2) is 43.5 Å². The number of halogens is 8. The van der Waals surface area contributed by atoms with E-state index in [1.807, 2.05) is 0 Å². The van der Waals surface area contributed by atoms with E-state index in [0.29, 0.717) is 0 Å². The average Bonchev–Trinajstić information content (AvgIpc) is 2.43. The standard InChI is InChI=1S/C12H2F8O2S/c13-3-1-4(14)8(18)11(7(3)17)23(21,22)12-9(19)5(15)2-6(16)10(12)20/h1-2H. The molecule has 23 heavy (non-hydrogen) atoms. The van der Waals surface area contributed by atoms with Crippen molar-refractivity contribution in [3.8, 4) is 0 Å². The lowest BCUT2D eigenvalue weighted by Gasteiger charge is -2.11. The predicted molar refractivity (Wildman–Crippen MR) is 58.0 cm³/mol. The van der Waals surface area contributed by atoms with E-state index >= 15 is 0 Å². The molecule has 0 saturated carbocycles. The molecule has 0 spiro atoms. The first-order chi connectivity index (χ1) is 10.5. The molecule has 2 aromatic rings. The Labute approximate surface area is 122 Å². The number of rotatable bonds is 2. The van der Waals surface area contributed by atoms with Crippen LogP contribution >= 0.6 is 0 Å². The molecule has 0 aliphatic carbocycles. The maximum absolute atomic E-state index is 13.5. The van der Waals surface area contributed by atoms with Gasteiger partial charge < -0.3 is 0 Å². The molecule has 0 unspecified atom stereocenters. The van der Waals surface area contributed by atoms with Crippen LogP contribution in [0, 0.1) is 46.5 Å². The van der Waals surface area contributed by atoms with Crippen molar-refractivity contribution in [3.63, 3.8) is 0 Å². The van der Waals surface area contributed by atoms with Crippen molar-refractivity contribution in [2.24, 2.45) is 0 Å². The molecular weight excluding hydrogens is 360 g/mol. The summed E-state index contributed by atoms with van der Waals surface area (Å²) in [7, 11) is -6.01. The molecule has 0 amide bonds. The van der Waals surface area contributed by atoms with Crippen LogP contribution in [-0.2, 0) is 9.84 Å². The van der Waals surface area contributed by atoms with Gasteiger partial charge in [-0.2, -0.15) is 0 Å². The van der Waals surface area contributed by atoms with Gasteiger partial charge in [0, 0.05) is 12.1 Å². The first-order valence-corrected chi connectivity index (χ1v) is 6.89. The fraction of sp³-hybridized carbons (Fsp3) is 0. The predicted octanol–water partition coefficient (Wildman–Crippen LogP) is 3.63. The molecular formula is C12H2F8O2S. The van der Waals surface area contributed by atoms with Gasteiger partial charge in [-0.1, -0.05) is 0 Å². The van der Waals surface area contributed by atoms with Gasteiger partial charge in [0.25, 0.3) is 0 Å². The summed E-state index contributed by atoms with van der Waals surface area (Å²) in [5, 5.41) is 0. The lowest BCUT2D eigenvalue weighted by atomic mass is 10.3. The Hall–Kier alpha value is -2.17. The number of hydrogen-bond donors (Lipinski definition) is 0. The maximum Gasteiger partial charge on any atom is 0.218 e. The van der Waals surface area contributed by atoms with Gasteiger partial charge in [0.15, 0.2) is 46.5 Å². The Morgan fingerprint density at radius 1 is 0.522 bits per heavy atom. The van der Waals surface area contributed by atoms with Crippen molar-refractivity contribution in [3.05, 3.63) is 58.7 Å². The Bertz CT molecular complexity index is 802. The molecule has 2 nitrogen and oxygen atoms in total. The highest BCUT2D eigenvalue weighted by Gasteiger charge is 2.37.